The Bertz CT molecular complexity index is 1360. The van der Waals surface area contributed by atoms with Gasteiger partial charge in [-0.2, -0.15) is 0 Å². The third-order valence-electron chi connectivity index (χ3n) is 11.7. The van der Waals surface area contributed by atoms with E-state index in [-0.39, 0.29) is 57.3 Å². The van der Waals surface area contributed by atoms with Crippen LogP contribution in [0.2, 0.25) is 0 Å². The highest BCUT2D eigenvalue weighted by Crippen LogP contribution is 2.71. The molecule has 15 nitrogen and oxygen atoms in total. The van der Waals surface area contributed by atoms with E-state index < -0.39 is 93.0 Å². The molecule has 0 aromatic carbocycles. The molecule has 0 bridgehead atoms. The lowest BCUT2D eigenvalue weighted by Crippen LogP contribution is -2.71. The van der Waals surface area contributed by atoms with Crippen LogP contribution in [0.1, 0.15) is 91.4 Å². The first-order valence-corrected chi connectivity index (χ1v) is 17.4. The first kappa shape index (κ1) is 41.0. The van der Waals surface area contributed by atoms with Crippen molar-refractivity contribution < 1.29 is 73.0 Å². The van der Waals surface area contributed by atoms with Gasteiger partial charge in [-0.25, -0.2) is 8.78 Å². The van der Waals surface area contributed by atoms with Gasteiger partial charge in [0.15, 0.2) is 23.7 Å². The van der Waals surface area contributed by atoms with Crippen LogP contribution >= 0.6 is 0 Å². The molecule has 0 spiro atoms. The zero-order chi connectivity index (χ0) is 37.8. The van der Waals surface area contributed by atoms with Crippen molar-refractivity contribution in [2.24, 2.45) is 28.6 Å². The maximum absolute atomic E-state index is 17.7. The van der Waals surface area contributed by atoms with E-state index >= 15 is 8.78 Å². The number of ether oxygens (including phenoxy) is 2. The summed E-state index contributed by atoms with van der Waals surface area (Å²) in [7, 11) is 0. The zero-order valence-electron chi connectivity index (χ0n) is 29.2. The summed E-state index contributed by atoms with van der Waals surface area (Å²) in [5, 5.41) is 45.5. The highest BCUT2D eigenvalue weighted by atomic mass is 19.1. The molecule has 0 aliphatic heterocycles. The lowest BCUT2D eigenvalue weighted by molar-refractivity contribution is -0.492. The standard InChI is InChI=1S/C34H50F2N2O13/c1-21-16-23-24-18-26(35)25-17-22(39)12-13-31(25,2)33(24,36)27(40)19-32(23,3)34(21,51-30(43)11-7-5-9-15-50-38(46)47)28(41)20-48-29(42)10-6-4-8-14-49-37(44)45/h12-13,17,21,23-24,26-27,40,44-47H,4-11,14-16,18-20H2,1-3H3/t21-,23?,24?,26+,27+,31+,32+,33+,34+/m1/s1. The van der Waals surface area contributed by atoms with Gasteiger partial charge in [-0.05, 0) is 75.5 Å². The van der Waals surface area contributed by atoms with Crippen LogP contribution < -0.4 is 0 Å². The molecule has 4 rings (SSSR count). The topological polar surface area (TPSA) is 213 Å². The van der Waals surface area contributed by atoms with Crippen molar-refractivity contribution in [1.29, 1.82) is 0 Å². The number of hydrogen-bond donors (Lipinski definition) is 5. The number of carbonyl (C=O) groups is 4. The number of alkyl halides is 2. The summed E-state index contributed by atoms with van der Waals surface area (Å²) in [6, 6.07) is 0. The Hall–Kier alpha value is -2.74. The van der Waals surface area contributed by atoms with Gasteiger partial charge in [0.25, 0.3) is 0 Å². The number of nitrogens with zero attached hydrogens (tertiary/aromatic N) is 2. The van der Waals surface area contributed by atoms with E-state index in [1.807, 2.05) is 0 Å². The van der Waals surface area contributed by atoms with Crippen LogP contribution in [0.4, 0.5) is 8.78 Å². The van der Waals surface area contributed by atoms with Gasteiger partial charge in [-0.1, -0.05) is 32.8 Å². The van der Waals surface area contributed by atoms with Crippen LogP contribution in [0.3, 0.4) is 0 Å². The summed E-state index contributed by atoms with van der Waals surface area (Å²) in [6.45, 7) is 3.94. The molecule has 0 aromatic heterocycles. The van der Waals surface area contributed by atoms with Crippen LogP contribution in [0.5, 0.6) is 0 Å². The molecule has 4 aliphatic rings. The fourth-order valence-corrected chi connectivity index (χ4v) is 9.34. The number of carbonyl (C=O) groups excluding carboxylic acids is 4. The van der Waals surface area contributed by atoms with E-state index in [1.54, 1.807) is 13.8 Å². The van der Waals surface area contributed by atoms with Gasteiger partial charge in [-0.15, -0.1) is 0 Å². The Balaban J connectivity index is 1.57. The van der Waals surface area contributed by atoms with Gasteiger partial charge in [0, 0.05) is 35.5 Å². The third kappa shape index (κ3) is 7.96. The molecule has 3 saturated carbocycles. The summed E-state index contributed by atoms with van der Waals surface area (Å²) >= 11 is 0. The number of fused-ring (bicyclic) bond motifs is 5. The summed E-state index contributed by atoms with van der Waals surface area (Å²) in [6.07, 6.45) is 1.60. The number of aliphatic hydroxyl groups is 1. The van der Waals surface area contributed by atoms with Crippen molar-refractivity contribution in [1.82, 2.24) is 10.8 Å². The Kier molecular flexibility index (Phi) is 13.3. The highest BCUT2D eigenvalue weighted by molar-refractivity contribution is 6.01. The SMILES string of the molecule is C[C@@H]1CC2C3C[C@H](F)C4=CC(=O)C=C[C@]4(C)[C@@]3(F)[C@@H](O)C[C@]2(C)[C@@]1(OC(=O)CCCCCON(O)O)C(=O)COC(=O)CCCCCON(O)O. The number of aliphatic hydroxyl groups excluding tert-OH is 1. The number of allylic oxidation sites excluding steroid dienone is 4. The van der Waals surface area contributed by atoms with Crippen molar-refractivity contribution in [2.75, 3.05) is 19.8 Å². The van der Waals surface area contributed by atoms with Gasteiger partial charge in [0.05, 0.1) is 30.1 Å². The van der Waals surface area contributed by atoms with Crippen molar-refractivity contribution in [3.8, 4) is 0 Å². The number of ketones is 2. The Labute approximate surface area is 294 Å². The summed E-state index contributed by atoms with van der Waals surface area (Å²) in [4.78, 5) is 61.7. The molecule has 0 amide bonds. The molecule has 288 valence electrons. The van der Waals surface area contributed by atoms with Crippen LogP contribution in [-0.2, 0) is 38.3 Å². The summed E-state index contributed by atoms with van der Waals surface area (Å²) < 4.78 is 45.2. The van der Waals surface area contributed by atoms with Crippen molar-refractivity contribution >= 4 is 23.5 Å². The normalized spacial score (nSPS) is 35.6. The molecule has 0 saturated heterocycles. The average molecular weight is 733 g/mol. The second-order valence-corrected chi connectivity index (χ2v) is 14.6. The molecular formula is C34H50F2N2O13. The van der Waals surface area contributed by atoms with E-state index in [1.165, 1.54) is 19.1 Å². The average Bonchev–Trinajstić information content (AvgIpc) is 3.27. The zero-order valence-corrected chi connectivity index (χ0v) is 29.2. The van der Waals surface area contributed by atoms with Crippen molar-refractivity contribution in [2.45, 2.75) is 115 Å². The number of halogens is 2. The van der Waals surface area contributed by atoms with Crippen molar-refractivity contribution in [3.63, 3.8) is 0 Å². The summed E-state index contributed by atoms with van der Waals surface area (Å²) in [5.74, 6) is -5.34. The van der Waals surface area contributed by atoms with E-state index in [0.29, 0.717) is 32.1 Å². The molecule has 3 fully saturated rings. The van der Waals surface area contributed by atoms with Gasteiger partial charge in [0.1, 0.15) is 6.17 Å². The Morgan fingerprint density at radius 2 is 1.49 bits per heavy atom. The first-order chi connectivity index (χ1) is 23.9. The fraction of sp³-hybridized carbons (Fsp3) is 0.765. The molecule has 5 N–H and O–H groups in total. The lowest BCUT2D eigenvalue weighted by Gasteiger charge is -2.63. The molecule has 2 unspecified atom stereocenters. The number of rotatable bonds is 18. The maximum atomic E-state index is 17.7. The number of Topliss-reactive ketones (excluding diaryl/α,β-unsaturated/α-hetero) is 1. The molecular weight excluding hydrogens is 682 g/mol. The largest absolute Gasteiger partial charge is 0.457 e. The Morgan fingerprint density at radius 3 is 2.08 bits per heavy atom. The van der Waals surface area contributed by atoms with Gasteiger partial charge in [-0.3, -0.25) is 49.7 Å². The monoisotopic (exact) mass is 732 g/mol. The molecule has 4 aliphatic carbocycles. The molecule has 17 heteroatoms. The molecule has 0 heterocycles. The minimum Gasteiger partial charge on any atom is -0.457 e. The summed E-state index contributed by atoms with van der Waals surface area (Å²) in [5.41, 5.74) is -7.51. The first-order valence-electron chi connectivity index (χ1n) is 17.4. The van der Waals surface area contributed by atoms with Gasteiger partial charge < -0.3 is 14.6 Å². The predicted octanol–water partition coefficient (Wildman–Crippen LogP) is 4.09. The second-order valence-electron chi connectivity index (χ2n) is 14.6. The third-order valence-corrected chi connectivity index (χ3v) is 11.7. The molecule has 0 radical (unpaired) electrons. The van der Waals surface area contributed by atoms with E-state index in [9.17, 15) is 24.3 Å². The van der Waals surface area contributed by atoms with Gasteiger partial charge in [0.2, 0.25) is 5.78 Å². The highest BCUT2D eigenvalue weighted by Gasteiger charge is 2.78. The lowest BCUT2D eigenvalue weighted by atomic mass is 9.44. The predicted molar refractivity (Wildman–Crippen MR) is 168 cm³/mol. The van der Waals surface area contributed by atoms with Crippen LogP contribution in [0.25, 0.3) is 0 Å². The van der Waals surface area contributed by atoms with Crippen LogP contribution in [-0.4, -0.2) is 104 Å². The fourth-order valence-electron chi connectivity index (χ4n) is 9.34. The minimum absolute atomic E-state index is 0.00884. The number of hydrogen-bond acceptors (Lipinski definition) is 15. The van der Waals surface area contributed by atoms with Crippen molar-refractivity contribution in [3.05, 3.63) is 23.8 Å². The second kappa shape index (κ2) is 16.5. The van der Waals surface area contributed by atoms with E-state index in [0.717, 1.165) is 6.08 Å². The molecule has 9 atom stereocenters. The number of esters is 2. The smallest absolute Gasteiger partial charge is 0.306 e. The van der Waals surface area contributed by atoms with Crippen LogP contribution in [0.15, 0.2) is 23.8 Å². The number of unbranched alkanes of at least 4 members (excludes halogenated alkanes) is 4. The van der Waals surface area contributed by atoms with Gasteiger partial charge >= 0.3 is 11.9 Å². The van der Waals surface area contributed by atoms with E-state index in [2.05, 4.69) is 9.68 Å². The maximum Gasteiger partial charge on any atom is 0.306 e. The Morgan fingerprint density at radius 1 is 0.902 bits per heavy atom. The van der Waals surface area contributed by atoms with Crippen LogP contribution in [0, 0.1) is 28.6 Å². The van der Waals surface area contributed by atoms with E-state index in [4.69, 9.17) is 30.3 Å². The minimum atomic E-state index is -2.42. The molecule has 0 aromatic rings. The quantitative estimate of drug-likeness (QED) is 0.0763. The molecule has 51 heavy (non-hydrogen) atoms.